The Morgan fingerprint density at radius 3 is 2.64 bits per heavy atom. The predicted molar refractivity (Wildman–Crippen MR) is 98.7 cm³/mol. The van der Waals surface area contributed by atoms with Crippen molar-refractivity contribution in [1.29, 1.82) is 0 Å². The summed E-state index contributed by atoms with van der Waals surface area (Å²) >= 11 is 0. The highest BCUT2D eigenvalue weighted by Gasteiger charge is 2.34. The Labute approximate surface area is 161 Å². The summed E-state index contributed by atoms with van der Waals surface area (Å²) in [5.41, 5.74) is 0.0758. The van der Waals surface area contributed by atoms with Crippen LogP contribution in [-0.2, 0) is 12.7 Å². The van der Waals surface area contributed by atoms with Crippen molar-refractivity contribution in [3.05, 3.63) is 41.9 Å². The van der Waals surface area contributed by atoms with Gasteiger partial charge in [-0.15, -0.1) is 0 Å². The molecule has 0 N–H and O–H groups in total. The molecule has 1 atom stereocenters. The number of ether oxygens (including phenoxy) is 2. The highest BCUT2D eigenvalue weighted by Crippen LogP contribution is 2.31. The van der Waals surface area contributed by atoms with Crippen molar-refractivity contribution in [3.8, 4) is 11.5 Å². The van der Waals surface area contributed by atoms with E-state index in [1.165, 1.54) is 0 Å². The van der Waals surface area contributed by atoms with Gasteiger partial charge in [0.15, 0.2) is 0 Å². The van der Waals surface area contributed by atoms with Crippen LogP contribution in [0.2, 0.25) is 0 Å². The number of anilines is 1. The predicted octanol–water partition coefficient (Wildman–Crippen LogP) is 3.22. The summed E-state index contributed by atoms with van der Waals surface area (Å²) in [5, 5.41) is 0. The number of halogens is 3. The van der Waals surface area contributed by atoms with E-state index < -0.39 is 11.9 Å². The van der Waals surface area contributed by atoms with Gasteiger partial charge in [0, 0.05) is 44.4 Å². The smallest absolute Gasteiger partial charge is 0.433 e. The molecule has 28 heavy (non-hydrogen) atoms. The number of nitrogens with zero attached hydrogens (tertiary/aromatic N) is 4. The zero-order chi connectivity index (χ0) is 20.3. The molecule has 1 fully saturated rings. The second-order valence-corrected chi connectivity index (χ2v) is 6.73. The average molecular weight is 396 g/mol. The number of hydrogen-bond donors (Lipinski definition) is 0. The molecule has 1 saturated heterocycles. The van der Waals surface area contributed by atoms with E-state index in [2.05, 4.69) is 14.9 Å². The fraction of sp³-hybridized carbons (Fsp3) is 0.474. The van der Waals surface area contributed by atoms with Gasteiger partial charge < -0.3 is 14.4 Å². The molecular formula is C19H23F3N4O2. The molecule has 1 aliphatic heterocycles. The van der Waals surface area contributed by atoms with Crippen LogP contribution in [0.15, 0.2) is 30.6 Å². The van der Waals surface area contributed by atoms with Crippen molar-refractivity contribution in [1.82, 2.24) is 14.9 Å². The van der Waals surface area contributed by atoms with E-state index >= 15 is 0 Å². The molecule has 0 radical (unpaired) electrons. The molecule has 3 rings (SSSR count). The van der Waals surface area contributed by atoms with Crippen molar-refractivity contribution < 1.29 is 22.6 Å². The summed E-state index contributed by atoms with van der Waals surface area (Å²) in [7, 11) is 5.01. The van der Waals surface area contributed by atoms with E-state index in [0.29, 0.717) is 13.1 Å². The molecule has 2 heterocycles. The number of benzene rings is 1. The first kappa shape index (κ1) is 20.2. The lowest BCUT2D eigenvalue weighted by Crippen LogP contribution is -2.35. The Bertz CT molecular complexity index is 816. The molecule has 1 aromatic heterocycles. The molecular weight excluding hydrogens is 373 g/mol. The van der Waals surface area contributed by atoms with Gasteiger partial charge in [-0.3, -0.25) is 4.90 Å². The minimum atomic E-state index is -4.48. The van der Waals surface area contributed by atoms with E-state index in [9.17, 15) is 13.2 Å². The molecule has 1 aromatic carbocycles. The van der Waals surface area contributed by atoms with Gasteiger partial charge in [-0.1, -0.05) is 0 Å². The number of aromatic nitrogens is 2. The van der Waals surface area contributed by atoms with Gasteiger partial charge in [-0.25, -0.2) is 9.97 Å². The summed E-state index contributed by atoms with van der Waals surface area (Å²) in [6.07, 6.45) is -2.69. The van der Waals surface area contributed by atoms with Crippen LogP contribution in [-0.4, -0.2) is 55.3 Å². The molecule has 0 aliphatic carbocycles. The third-order valence-corrected chi connectivity index (χ3v) is 4.98. The highest BCUT2D eigenvalue weighted by atomic mass is 19.4. The van der Waals surface area contributed by atoms with Crippen molar-refractivity contribution in [2.75, 3.05) is 39.3 Å². The standard InChI is InChI=1S/C19H23F3N4O2/c1-25(18-9-17(19(20,21)22)23-12-24-18)14-6-7-26(11-14)10-13-8-15(27-2)4-5-16(13)28-3/h4-5,8-9,12,14H,6-7,10-11H2,1-3H3. The second-order valence-electron chi connectivity index (χ2n) is 6.73. The van der Waals surface area contributed by atoms with Gasteiger partial charge in [-0.05, 0) is 24.6 Å². The van der Waals surface area contributed by atoms with Crippen LogP contribution in [0.5, 0.6) is 11.5 Å². The lowest BCUT2D eigenvalue weighted by molar-refractivity contribution is -0.141. The largest absolute Gasteiger partial charge is 0.497 e. The van der Waals surface area contributed by atoms with Gasteiger partial charge in [-0.2, -0.15) is 13.2 Å². The Morgan fingerprint density at radius 1 is 1.18 bits per heavy atom. The fourth-order valence-corrected chi connectivity index (χ4v) is 3.40. The summed E-state index contributed by atoms with van der Waals surface area (Å²) in [4.78, 5) is 11.4. The topological polar surface area (TPSA) is 50.7 Å². The summed E-state index contributed by atoms with van der Waals surface area (Å²) in [5.74, 6) is 1.81. The number of likely N-dealkylation sites (tertiary alicyclic amines) is 1. The number of rotatable bonds is 6. The Kier molecular flexibility index (Phi) is 5.93. The molecule has 152 valence electrons. The van der Waals surface area contributed by atoms with E-state index in [4.69, 9.17) is 9.47 Å². The van der Waals surface area contributed by atoms with E-state index in [0.717, 1.165) is 42.4 Å². The van der Waals surface area contributed by atoms with Crippen LogP contribution in [0, 0.1) is 0 Å². The summed E-state index contributed by atoms with van der Waals surface area (Å²) in [6, 6.07) is 6.71. The Balaban J connectivity index is 1.69. The molecule has 0 spiro atoms. The minimum Gasteiger partial charge on any atom is -0.497 e. The second kappa shape index (κ2) is 8.22. The summed E-state index contributed by atoms with van der Waals surface area (Å²) < 4.78 is 49.4. The lowest BCUT2D eigenvalue weighted by Gasteiger charge is -2.26. The number of likely N-dealkylation sites (N-methyl/N-ethyl adjacent to an activating group) is 1. The first-order valence-electron chi connectivity index (χ1n) is 8.87. The number of alkyl halides is 3. The van der Waals surface area contributed by atoms with Crippen molar-refractivity contribution in [3.63, 3.8) is 0 Å². The van der Waals surface area contributed by atoms with Gasteiger partial charge in [0.1, 0.15) is 29.3 Å². The monoisotopic (exact) mass is 396 g/mol. The van der Waals surface area contributed by atoms with Crippen LogP contribution in [0.25, 0.3) is 0 Å². The van der Waals surface area contributed by atoms with Gasteiger partial charge in [0.2, 0.25) is 0 Å². The maximum absolute atomic E-state index is 12.9. The molecule has 0 amide bonds. The molecule has 9 heteroatoms. The number of hydrogen-bond acceptors (Lipinski definition) is 6. The van der Waals surface area contributed by atoms with Crippen molar-refractivity contribution in [2.45, 2.75) is 25.2 Å². The minimum absolute atomic E-state index is 0.0626. The van der Waals surface area contributed by atoms with Crippen LogP contribution in [0.1, 0.15) is 17.7 Å². The van der Waals surface area contributed by atoms with Crippen LogP contribution < -0.4 is 14.4 Å². The van der Waals surface area contributed by atoms with E-state index in [-0.39, 0.29) is 11.9 Å². The van der Waals surface area contributed by atoms with E-state index in [1.807, 2.05) is 18.2 Å². The molecule has 2 aromatic rings. The average Bonchev–Trinajstić information content (AvgIpc) is 3.15. The molecule has 0 saturated carbocycles. The van der Waals surface area contributed by atoms with Crippen LogP contribution in [0.3, 0.4) is 0 Å². The Hall–Kier alpha value is -2.55. The SMILES string of the molecule is COc1ccc(OC)c(CN2CCC(N(C)c3cc(C(F)(F)F)ncn3)C2)c1. The van der Waals surface area contributed by atoms with Crippen molar-refractivity contribution in [2.24, 2.45) is 0 Å². The first-order valence-corrected chi connectivity index (χ1v) is 8.87. The quantitative estimate of drug-likeness (QED) is 0.747. The van der Waals surface area contributed by atoms with Crippen molar-refractivity contribution >= 4 is 5.82 Å². The Morgan fingerprint density at radius 2 is 1.96 bits per heavy atom. The van der Waals surface area contributed by atoms with Gasteiger partial charge in [0.25, 0.3) is 0 Å². The first-order chi connectivity index (χ1) is 13.3. The molecule has 6 nitrogen and oxygen atoms in total. The molecule has 1 aliphatic rings. The number of methoxy groups -OCH3 is 2. The van der Waals surface area contributed by atoms with Crippen LogP contribution >= 0.6 is 0 Å². The summed E-state index contributed by atoms with van der Waals surface area (Å²) in [6.45, 7) is 2.21. The fourth-order valence-electron chi connectivity index (χ4n) is 3.40. The third kappa shape index (κ3) is 4.46. The van der Waals surface area contributed by atoms with Crippen LogP contribution in [0.4, 0.5) is 19.0 Å². The van der Waals surface area contributed by atoms with Gasteiger partial charge in [0.05, 0.1) is 14.2 Å². The lowest BCUT2D eigenvalue weighted by atomic mass is 10.1. The maximum atomic E-state index is 12.9. The van der Waals surface area contributed by atoms with Gasteiger partial charge >= 0.3 is 6.18 Å². The highest BCUT2D eigenvalue weighted by molar-refractivity contribution is 5.41. The molecule has 1 unspecified atom stereocenters. The maximum Gasteiger partial charge on any atom is 0.433 e. The molecule has 0 bridgehead atoms. The third-order valence-electron chi connectivity index (χ3n) is 4.98. The zero-order valence-corrected chi connectivity index (χ0v) is 16.0. The van der Waals surface area contributed by atoms with E-state index in [1.54, 1.807) is 26.2 Å². The normalized spacial score (nSPS) is 17.6. The zero-order valence-electron chi connectivity index (χ0n) is 16.0.